The number of rotatable bonds is 3. The van der Waals surface area contributed by atoms with E-state index in [4.69, 9.17) is 5.73 Å². The zero-order chi connectivity index (χ0) is 14.3. The van der Waals surface area contributed by atoms with E-state index in [-0.39, 0.29) is 11.6 Å². The van der Waals surface area contributed by atoms with Gasteiger partial charge in [-0.2, -0.15) is 0 Å². The number of pyridine rings is 1. The van der Waals surface area contributed by atoms with Gasteiger partial charge in [0.1, 0.15) is 5.56 Å². The summed E-state index contributed by atoms with van der Waals surface area (Å²) in [6.07, 6.45) is 5.89. The minimum absolute atomic E-state index is 0.0316. The van der Waals surface area contributed by atoms with E-state index in [1.807, 2.05) is 0 Å². The van der Waals surface area contributed by atoms with Gasteiger partial charge in [0.15, 0.2) is 0 Å². The number of hydrogen-bond donors (Lipinski definition) is 1. The maximum atomic E-state index is 12.4. The molecule has 0 bridgehead atoms. The molecule has 2 aromatic rings. The van der Waals surface area contributed by atoms with Gasteiger partial charge in [-0.1, -0.05) is 0 Å². The van der Waals surface area contributed by atoms with Crippen molar-refractivity contribution < 1.29 is 4.79 Å². The third kappa shape index (κ3) is 1.93. The van der Waals surface area contributed by atoms with Crippen molar-refractivity contribution in [2.75, 3.05) is 0 Å². The number of nitrogens with zero attached hydrogens (tertiary/aromatic N) is 3. The Hall–Kier alpha value is -2.70. The maximum Gasteiger partial charge on any atom is 0.335 e. The lowest BCUT2D eigenvalue weighted by atomic mass is 10.3. The number of carbonyl (C=O) groups is 1. The summed E-state index contributed by atoms with van der Waals surface area (Å²) in [5.74, 6) is -0.845. The first kappa shape index (κ1) is 12.3. The van der Waals surface area contributed by atoms with E-state index in [2.05, 4.69) is 4.98 Å². The van der Waals surface area contributed by atoms with E-state index in [1.54, 1.807) is 12.1 Å². The van der Waals surface area contributed by atoms with Crippen LogP contribution >= 0.6 is 0 Å². The van der Waals surface area contributed by atoms with Crippen molar-refractivity contribution in [3.05, 3.63) is 57.1 Å². The van der Waals surface area contributed by atoms with Crippen molar-refractivity contribution in [3.8, 4) is 5.69 Å². The quantitative estimate of drug-likeness (QED) is 0.838. The second-order valence-electron chi connectivity index (χ2n) is 4.68. The highest BCUT2D eigenvalue weighted by Crippen LogP contribution is 2.33. The standard InChI is InChI=1S/C13H12N4O3/c14-11(18)10-7-16(8-3-4-8)13(20)17(12(10)19)9-2-1-5-15-6-9/h1-2,5-8H,3-4H2,(H2,14,18). The van der Waals surface area contributed by atoms with E-state index >= 15 is 0 Å². The van der Waals surface area contributed by atoms with Crippen LogP contribution in [0.25, 0.3) is 5.69 Å². The first-order valence-electron chi connectivity index (χ1n) is 6.18. The number of amides is 1. The molecule has 2 heterocycles. The van der Waals surface area contributed by atoms with Crippen LogP contribution in [0.1, 0.15) is 29.2 Å². The molecule has 7 heteroatoms. The van der Waals surface area contributed by atoms with Crippen LogP contribution < -0.4 is 17.0 Å². The monoisotopic (exact) mass is 272 g/mol. The normalized spacial score (nSPS) is 14.2. The maximum absolute atomic E-state index is 12.4. The summed E-state index contributed by atoms with van der Waals surface area (Å²) in [5, 5.41) is 0. The van der Waals surface area contributed by atoms with E-state index < -0.39 is 17.2 Å². The molecule has 0 saturated heterocycles. The summed E-state index contributed by atoms with van der Waals surface area (Å²) < 4.78 is 2.33. The van der Waals surface area contributed by atoms with Gasteiger partial charge in [0.2, 0.25) is 0 Å². The third-order valence-electron chi connectivity index (χ3n) is 3.22. The molecule has 102 valence electrons. The van der Waals surface area contributed by atoms with Crippen molar-refractivity contribution in [3.63, 3.8) is 0 Å². The molecular formula is C13H12N4O3. The molecule has 1 aliphatic carbocycles. The van der Waals surface area contributed by atoms with Crippen LogP contribution in [0.2, 0.25) is 0 Å². The lowest BCUT2D eigenvalue weighted by Crippen LogP contribution is -2.42. The summed E-state index contributed by atoms with van der Waals surface area (Å²) in [7, 11) is 0. The smallest absolute Gasteiger partial charge is 0.335 e. The molecule has 0 unspecified atom stereocenters. The minimum atomic E-state index is -0.845. The van der Waals surface area contributed by atoms with Crippen LogP contribution in [0.3, 0.4) is 0 Å². The molecule has 3 rings (SSSR count). The fraction of sp³-hybridized carbons (Fsp3) is 0.231. The summed E-state index contributed by atoms with van der Waals surface area (Å²) >= 11 is 0. The molecule has 0 radical (unpaired) electrons. The van der Waals surface area contributed by atoms with Crippen molar-refractivity contribution in [1.29, 1.82) is 0 Å². The van der Waals surface area contributed by atoms with Crippen LogP contribution in [0, 0.1) is 0 Å². The minimum Gasteiger partial charge on any atom is -0.365 e. The number of aromatic nitrogens is 3. The molecule has 0 aromatic carbocycles. The van der Waals surface area contributed by atoms with Crippen molar-refractivity contribution >= 4 is 5.91 Å². The molecule has 1 aliphatic rings. The van der Waals surface area contributed by atoms with Crippen molar-refractivity contribution in [2.24, 2.45) is 5.73 Å². The number of carbonyl (C=O) groups excluding carboxylic acids is 1. The van der Waals surface area contributed by atoms with Crippen LogP contribution in [-0.4, -0.2) is 20.0 Å². The highest BCUT2D eigenvalue weighted by molar-refractivity contribution is 5.92. The molecule has 0 atom stereocenters. The van der Waals surface area contributed by atoms with Gasteiger partial charge in [-0.25, -0.2) is 9.36 Å². The van der Waals surface area contributed by atoms with Gasteiger partial charge in [-0.15, -0.1) is 0 Å². The lowest BCUT2D eigenvalue weighted by molar-refractivity contribution is 0.0997. The van der Waals surface area contributed by atoms with Gasteiger partial charge in [0.25, 0.3) is 11.5 Å². The summed E-state index contributed by atoms with van der Waals surface area (Å²) in [4.78, 5) is 39.9. The summed E-state index contributed by atoms with van der Waals surface area (Å²) in [6, 6.07) is 3.22. The van der Waals surface area contributed by atoms with Gasteiger partial charge >= 0.3 is 5.69 Å². The molecule has 0 aliphatic heterocycles. The molecule has 7 nitrogen and oxygen atoms in total. The van der Waals surface area contributed by atoms with Crippen molar-refractivity contribution in [2.45, 2.75) is 18.9 Å². The molecule has 20 heavy (non-hydrogen) atoms. The van der Waals surface area contributed by atoms with Gasteiger partial charge in [0, 0.05) is 18.4 Å². The highest BCUT2D eigenvalue weighted by Gasteiger charge is 2.28. The van der Waals surface area contributed by atoms with Crippen LogP contribution in [-0.2, 0) is 0 Å². The Morgan fingerprint density at radius 2 is 2.10 bits per heavy atom. The summed E-state index contributed by atoms with van der Waals surface area (Å²) in [6.45, 7) is 0. The Morgan fingerprint density at radius 3 is 2.65 bits per heavy atom. The molecule has 2 N–H and O–H groups in total. The van der Waals surface area contributed by atoms with Crippen LogP contribution in [0.4, 0.5) is 0 Å². The SMILES string of the molecule is NC(=O)c1cn(C2CC2)c(=O)n(-c2cccnc2)c1=O. The molecule has 1 fully saturated rings. The second-order valence-corrected chi connectivity index (χ2v) is 4.68. The van der Waals surface area contributed by atoms with E-state index in [0.717, 1.165) is 17.4 Å². The number of nitrogens with two attached hydrogens (primary N) is 1. The van der Waals surface area contributed by atoms with Crippen LogP contribution in [0.15, 0.2) is 40.3 Å². The Morgan fingerprint density at radius 1 is 1.35 bits per heavy atom. The zero-order valence-electron chi connectivity index (χ0n) is 10.5. The molecule has 1 amide bonds. The largest absolute Gasteiger partial charge is 0.365 e. The average Bonchev–Trinajstić information content (AvgIpc) is 3.24. The molecule has 1 saturated carbocycles. The molecular weight excluding hydrogens is 260 g/mol. The fourth-order valence-electron chi connectivity index (χ4n) is 2.07. The first-order chi connectivity index (χ1) is 9.59. The molecule has 2 aromatic heterocycles. The Balaban J connectivity index is 2.35. The predicted molar refractivity (Wildman–Crippen MR) is 70.9 cm³/mol. The molecule has 0 spiro atoms. The van der Waals surface area contributed by atoms with E-state index in [0.29, 0.717) is 5.69 Å². The Kier molecular flexibility index (Phi) is 2.74. The lowest BCUT2D eigenvalue weighted by Gasteiger charge is -2.10. The predicted octanol–water partition coefficient (Wildman–Crippen LogP) is -0.172. The number of hydrogen-bond acceptors (Lipinski definition) is 4. The highest BCUT2D eigenvalue weighted by atomic mass is 16.2. The van der Waals surface area contributed by atoms with Gasteiger partial charge in [0.05, 0.1) is 11.9 Å². The summed E-state index contributed by atoms with van der Waals surface area (Å²) in [5.41, 5.74) is 4.15. The average molecular weight is 272 g/mol. The third-order valence-corrected chi connectivity index (χ3v) is 3.22. The topological polar surface area (TPSA) is 100.0 Å². The van der Waals surface area contributed by atoms with E-state index in [1.165, 1.54) is 23.2 Å². The zero-order valence-corrected chi connectivity index (χ0v) is 10.5. The Bertz CT molecular complexity index is 787. The Labute approximate surface area is 113 Å². The van der Waals surface area contributed by atoms with Gasteiger partial charge in [-0.3, -0.25) is 19.1 Å². The van der Waals surface area contributed by atoms with Gasteiger partial charge in [-0.05, 0) is 25.0 Å². The van der Waals surface area contributed by atoms with Gasteiger partial charge < -0.3 is 5.73 Å². The fourth-order valence-corrected chi connectivity index (χ4v) is 2.07. The van der Waals surface area contributed by atoms with Crippen molar-refractivity contribution in [1.82, 2.24) is 14.1 Å². The number of primary amides is 1. The second kappa shape index (κ2) is 4.44. The first-order valence-corrected chi connectivity index (χ1v) is 6.18. The van der Waals surface area contributed by atoms with E-state index in [9.17, 15) is 14.4 Å². The van der Waals surface area contributed by atoms with Crippen LogP contribution in [0.5, 0.6) is 0 Å².